The van der Waals surface area contributed by atoms with E-state index in [1.807, 2.05) is 0 Å². The third-order valence-corrected chi connectivity index (χ3v) is 2.31. The average Bonchev–Trinajstić information content (AvgIpc) is 2.06. The molecule has 0 aromatic heterocycles. The molecular formula is C9H6F3IO. The van der Waals surface area contributed by atoms with Crippen LogP contribution in [0, 0.1) is 3.57 Å². The Labute approximate surface area is 92.7 Å². The summed E-state index contributed by atoms with van der Waals surface area (Å²) in [6, 6.07) is 4.50. The van der Waals surface area contributed by atoms with E-state index in [4.69, 9.17) is 0 Å². The SMILES string of the molecule is C=Cc1ccc(I)c(OC(F)(F)F)c1. The van der Waals surface area contributed by atoms with Crippen molar-refractivity contribution in [1.82, 2.24) is 0 Å². The Bertz CT molecular complexity index is 346. The Morgan fingerprint density at radius 1 is 1.36 bits per heavy atom. The topological polar surface area (TPSA) is 9.23 Å². The fourth-order valence-electron chi connectivity index (χ4n) is 0.850. The lowest BCUT2D eigenvalue weighted by atomic mass is 10.2. The van der Waals surface area contributed by atoms with Crippen molar-refractivity contribution in [2.45, 2.75) is 6.36 Å². The second-order valence-corrected chi connectivity index (χ2v) is 3.60. The molecule has 76 valence electrons. The lowest BCUT2D eigenvalue weighted by molar-refractivity contribution is -0.274. The van der Waals surface area contributed by atoms with Crippen molar-refractivity contribution in [3.8, 4) is 5.75 Å². The summed E-state index contributed by atoms with van der Waals surface area (Å²) in [5.41, 5.74) is 0.588. The van der Waals surface area contributed by atoms with Crippen molar-refractivity contribution in [2.75, 3.05) is 0 Å². The van der Waals surface area contributed by atoms with Crippen LogP contribution in [0.3, 0.4) is 0 Å². The van der Waals surface area contributed by atoms with E-state index in [0.717, 1.165) is 0 Å². The Morgan fingerprint density at radius 3 is 2.50 bits per heavy atom. The van der Waals surface area contributed by atoms with Gasteiger partial charge in [0.15, 0.2) is 0 Å². The molecule has 0 aliphatic carbocycles. The van der Waals surface area contributed by atoms with Gasteiger partial charge in [-0.25, -0.2) is 0 Å². The molecule has 14 heavy (non-hydrogen) atoms. The third kappa shape index (κ3) is 3.21. The van der Waals surface area contributed by atoms with E-state index in [1.165, 1.54) is 12.1 Å². The average molecular weight is 314 g/mol. The van der Waals surface area contributed by atoms with Gasteiger partial charge < -0.3 is 4.74 Å². The predicted molar refractivity (Wildman–Crippen MR) is 55.9 cm³/mol. The highest BCUT2D eigenvalue weighted by atomic mass is 127. The molecule has 1 aromatic carbocycles. The highest BCUT2D eigenvalue weighted by Gasteiger charge is 2.31. The zero-order chi connectivity index (χ0) is 10.8. The van der Waals surface area contributed by atoms with Crippen molar-refractivity contribution in [3.05, 3.63) is 33.9 Å². The fourth-order valence-corrected chi connectivity index (χ4v) is 1.30. The maximum Gasteiger partial charge on any atom is 0.573 e. The Hall–Kier alpha value is -0.720. The summed E-state index contributed by atoms with van der Waals surface area (Å²) in [7, 11) is 0. The van der Waals surface area contributed by atoms with Crippen molar-refractivity contribution in [1.29, 1.82) is 0 Å². The minimum atomic E-state index is -4.65. The molecule has 0 unspecified atom stereocenters. The largest absolute Gasteiger partial charge is 0.573 e. The molecule has 1 nitrogen and oxygen atoms in total. The highest BCUT2D eigenvalue weighted by molar-refractivity contribution is 14.1. The van der Waals surface area contributed by atoms with E-state index >= 15 is 0 Å². The third-order valence-electron chi connectivity index (χ3n) is 1.42. The van der Waals surface area contributed by atoms with Crippen LogP contribution in [0.5, 0.6) is 5.75 Å². The molecule has 0 N–H and O–H groups in total. The summed E-state index contributed by atoms with van der Waals surface area (Å²) in [4.78, 5) is 0. The van der Waals surface area contributed by atoms with Gasteiger partial charge in [-0.2, -0.15) is 0 Å². The molecule has 0 fully saturated rings. The summed E-state index contributed by atoms with van der Waals surface area (Å²) in [5, 5.41) is 0. The molecule has 0 radical (unpaired) electrons. The maximum atomic E-state index is 11.9. The summed E-state index contributed by atoms with van der Waals surface area (Å²) >= 11 is 1.77. The van der Waals surface area contributed by atoms with E-state index in [1.54, 1.807) is 34.7 Å². The monoisotopic (exact) mass is 314 g/mol. The minimum Gasteiger partial charge on any atom is -0.405 e. The normalized spacial score (nSPS) is 11.1. The Balaban J connectivity index is 3.01. The number of alkyl halides is 3. The molecule has 1 aromatic rings. The van der Waals surface area contributed by atoms with E-state index < -0.39 is 6.36 Å². The van der Waals surface area contributed by atoms with E-state index in [0.29, 0.717) is 9.13 Å². The second kappa shape index (κ2) is 4.20. The molecule has 0 aliphatic heterocycles. The first kappa shape index (κ1) is 11.4. The number of ether oxygens (including phenoxy) is 1. The van der Waals surface area contributed by atoms with Gasteiger partial charge in [-0.15, -0.1) is 13.2 Å². The lowest BCUT2D eigenvalue weighted by Crippen LogP contribution is -2.17. The first-order valence-corrected chi connectivity index (χ1v) is 4.68. The summed E-state index contributed by atoms with van der Waals surface area (Å²) in [6.07, 6.45) is -3.20. The van der Waals surface area contributed by atoms with Gasteiger partial charge in [0.1, 0.15) is 5.75 Å². The molecule has 0 atom stereocenters. The quantitative estimate of drug-likeness (QED) is 0.754. The van der Waals surface area contributed by atoms with Crippen molar-refractivity contribution >= 4 is 28.7 Å². The first-order chi connectivity index (χ1) is 6.42. The molecule has 5 heteroatoms. The molecule has 0 saturated heterocycles. The maximum absolute atomic E-state index is 11.9. The van der Waals surface area contributed by atoms with Crippen LogP contribution in [-0.2, 0) is 0 Å². The molecule has 0 spiro atoms. The smallest absolute Gasteiger partial charge is 0.405 e. The molecule has 0 heterocycles. The van der Waals surface area contributed by atoms with Gasteiger partial charge in [-0.3, -0.25) is 0 Å². The Morgan fingerprint density at radius 2 is 2.00 bits per heavy atom. The van der Waals surface area contributed by atoms with Gasteiger partial charge in [-0.1, -0.05) is 18.7 Å². The summed E-state index contributed by atoms with van der Waals surface area (Å²) in [6.45, 7) is 3.46. The molecule has 1 rings (SSSR count). The van der Waals surface area contributed by atoms with Gasteiger partial charge in [0.05, 0.1) is 3.57 Å². The number of rotatable bonds is 2. The summed E-state index contributed by atoms with van der Waals surface area (Å²) < 4.78 is 39.9. The van der Waals surface area contributed by atoms with Crippen molar-refractivity contribution in [3.63, 3.8) is 0 Å². The van der Waals surface area contributed by atoms with Crippen molar-refractivity contribution in [2.24, 2.45) is 0 Å². The molecular weight excluding hydrogens is 308 g/mol. The zero-order valence-corrected chi connectivity index (χ0v) is 9.09. The van der Waals surface area contributed by atoms with Gasteiger partial charge in [0.2, 0.25) is 0 Å². The predicted octanol–water partition coefficient (Wildman–Crippen LogP) is 3.83. The number of halogens is 4. The van der Waals surface area contributed by atoms with Crippen LogP contribution in [0.25, 0.3) is 6.08 Å². The fraction of sp³-hybridized carbons (Fsp3) is 0.111. The number of benzene rings is 1. The van der Waals surface area contributed by atoms with Gasteiger partial charge in [0, 0.05) is 0 Å². The number of hydrogen-bond acceptors (Lipinski definition) is 1. The van der Waals surface area contributed by atoms with Crippen LogP contribution in [-0.4, -0.2) is 6.36 Å². The standard InChI is InChI=1S/C9H6F3IO/c1-2-6-3-4-7(13)8(5-6)14-9(10,11)12/h2-5H,1H2. The molecule has 0 saturated carbocycles. The van der Waals surface area contributed by atoms with E-state index in [2.05, 4.69) is 11.3 Å². The van der Waals surface area contributed by atoms with Crippen LogP contribution in [0.2, 0.25) is 0 Å². The highest BCUT2D eigenvalue weighted by Crippen LogP contribution is 2.28. The molecule has 0 bridgehead atoms. The van der Waals surface area contributed by atoms with Gasteiger partial charge in [0.25, 0.3) is 0 Å². The molecule has 0 amide bonds. The second-order valence-electron chi connectivity index (χ2n) is 2.44. The summed E-state index contributed by atoms with van der Waals surface area (Å²) in [5.74, 6) is -0.199. The van der Waals surface area contributed by atoms with Crippen LogP contribution < -0.4 is 4.74 Å². The van der Waals surface area contributed by atoms with E-state index in [9.17, 15) is 13.2 Å². The molecule has 0 aliphatic rings. The van der Waals surface area contributed by atoms with Crippen LogP contribution >= 0.6 is 22.6 Å². The lowest BCUT2D eigenvalue weighted by Gasteiger charge is -2.10. The van der Waals surface area contributed by atoms with Crippen molar-refractivity contribution < 1.29 is 17.9 Å². The van der Waals surface area contributed by atoms with Gasteiger partial charge >= 0.3 is 6.36 Å². The van der Waals surface area contributed by atoms with Crippen LogP contribution in [0.15, 0.2) is 24.8 Å². The first-order valence-electron chi connectivity index (χ1n) is 3.60. The number of hydrogen-bond donors (Lipinski definition) is 0. The minimum absolute atomic E-state index is 0.199. The van der Waals surface area contributed by atoms with Crippen LogP contribution in [0.4, 0.5) is 13.2 Å². The zero-order valence-electron chi connectivity index (χ0n) is 6.94. The Kier molecular flexibility index (Phi) is 3.41. The van der Waals surface area contributed by atoms with Crippen LogP contribution in [0.1, 0.15) is 5.56 Å². The van der Waals surface area contributed by atoms with Gasteiger partial charge in [-0.05, 0) is 40.3 Å². The van der Waals surface area contributed by atoms with E-state index in [-0.39, 0.29) is 5.75 Å².